The minimum atomic E-state index is -0.604. The molecule has 3 heteroatoms. The molecule has 0 spiro atoms. The highest BCUT2D eigenvalue weighted by Crippen LogP contribution is 2.17. The maximum atomic E-state index is 11.2. The molecular weight excluding hydrogens is 128 g/mol. The lowest BCUT2D eigenvalue weighted by atomic mass is 9.92. The summed E-state index contributed by atoms with van der Waals surface area (Å²) in [6.45, 7) is 2.65. The highest BCUT2D eigenvalue weighted by molar-refractivity contribution is 5.86. The van der Waals surface area contributed by atoms with E-state index >= 15 is 0 Å². The van der Waals surface area contributed by atoms with Crippen molar-refractivity contribution in [2.45, 2.75) is 25.3 Å². The van der Waals surface area contributed by atoms with Crippen molar-refractivity contribution in [2.75, 3.05) is 13.6 Å². The number of piperidine rings is 1. The van der Waals surface area contributed by atoms with Crippen molar-refractivity contribution >= 4 is 5.91 Å². The fraction of sp³-hybridized carbons (Fsp3) is 0.857. The Labute approximate surface area is 61.2 Å². The van der Waals surface area contributed by atoms with E-state index in [4.69, 9.17) is 5.73 Å². The van der Waals surface area contributed by atoms with Crippen LogP contribution < -0.4 is 5.73 Å². The Morgan fingerprint density at radius 2 is 2.30 bits per heavy atom. The minimum Gasteiger partial charge on any atom is -0.344 e. The number of rotatable bonds is 0. The highest BCUT2D eigenvalue weighted by Gasteiger charge is 2.33. The van der Waals surface area contributed by atoms with E-state index in [-0.39, 0.29) is 5.91 Å². The summed E-state index contributed by atoms with van der Waals surface area (Å²) in [6.07, 6.45) is 1.84. The summed E-state index contributed by atoms with van der Waals surface area (Å²) in [6, 6.07) is 0. The first kappa shape index (κ1) is 7.54. The normalized spacial score (nSPS) is 34.7. The van der Waals surface area contributed by atoms with Crippen LogP contribution in [-0.2, 0) is 4.79 Å². The van der Waals surface area contributed by atoms with Crippen LogP contribution in [0.1, 0.15) is 19.8 Å². The SMILES string of the molecule is CN1CCCC(C)(N)C1=O. The number of nitrogens with two attached hydrogens (primary N) is 1. The van der Waals surface area contributed by atoms with Gasteiger partial charge in [0.15, 0.2) is 0 Å². The van der Waals surface area contributed by atoms with Crippen molar-refractivity contribution in [1.29, 1.82) is 0 Å². The fourth-order valence-electron chi connectivity index (χ4n) is 1.33. The summed E-state index contributed by atoms with van der Waals surface area (Å²) in [4.78, 5) is 12.9. The van der Waals surface area contributed by atoms with Crippen molar-refractivity contribution in [3.05, 3.63) is 0 Å². The van der Waals surface area contributed by atoms with Crippen LogP contribution in [0.25, 0.3) is 0 Å². The molecule has 58 valence electrons. The predicted octanol–water partition coefficient (Wildman–Crippen LogP) is -0.0440. The topological polar surface area (TPSA) is 46.3 Å². The molecular formula is C7H14N2O. The van der Waals surface area contributed by atoms with Crippen molar-refractivity contribution in [3.8, 4) is 0 Å². The molecule has 0 aliphatic carbocycles. The molecule has 1 unspecified atom stereocenters. The van der Waals surface area contributed by atoms with Gasteiger partial charge in [0.05, 0.1) is 5.54 Å². The van der Waals surface area contributed by atoms with Crippen molar-refractivity contribution in [1.82, 2.24) is 4.90 Å². The van der Waals surface area contributed by atoms with Gasteiger partial charge in [-0.05, 0) is 19.8 Å². The smallest absolute Gasteiger partial charge is 0.242 e. The van der Waals surface area contributed by atoms with Gasteiger partial charge in [0.1, 0.15) is 0 Å². The monoisotopic (exact) mass is 142 g/mol. The molecule has 1 aliphatic heterocycles. The molecule has 1 saturated heterocycles. The van der Waals surface area contributed by atoms with E-state index in [1.54, 1.807) is 18.9 Å². The largest absolute Gasteiger partial charge is 0.344 e. The first-order valence-electron chi connectivity index (χ1n) is 3.58. The number of nitrogens with zero attached hydrogens (tertiary/aromatic N) is 1. The molecule has 1 amide bonds. The van der Waals surface area contributed by atoms with Crippen LogP contribution in [0.3, 0.4) is 0 Å². The Balaban J connectivity index is 2.70. The van der Waals surface area contributed by atoms with E-state index in [0.29, 0.717) is 0 Å². The first-order chi connectivity index (χ1) is 4.54. The van der Waals surface area contributed by atoms with Gasteiger partial charge in [-0.15, -0.1) is 0 Å². The number of carbonyl (C=O) groups excluding carboxylic acids is 1. The molecule has 0 aromatic heterocycles. The number of hydrogen-bond donors (Lipinski definition) is 1. The van der Waals surface area contributed by atoms with Crippen molar-refractivity contribution in [2.24, 2.45) is 5.73 Å². The molecule has 1 heterocycles. The van der Waals surface area contributed by atoms with E-state index < -0.39 is 5.54 Å². The summed E-state index contributed by atoms with van der Waals surface area (Å²) >= 11 is 0. The number of likely N-dealkylation sites (N-methyl/N-ethyl adjacent to an activating group) is 1. The van der Waals surface area contributed by atoms with Gasteiger partial charge in [-0.2, -0.15) is 0 Å². The molecule has 3 nitrogen and oxygen atoms in total. The lowest BCUT2D eigenvalue weighted by Crippen LogP contribution is -2.55. The summed E-state index contributed by atoms with van der Waals surface area (Å²) < 4.78 is 0. The van der Waals surface area contributed by atoms with E-state index in [2.05, 4.69) is 0 Å². The number of likely N-dealkylation sites (tertiary alicyclic amines) is 1. The standard InChI is InChI=1S/C7H14N2O/c1-7(8)4-3-5-9(2)6(7)10/h3-5,8H2,1-2H3. The van der Waals surface area contributed by atoms with Gasteiger partial charge in [-0.3, -0.25) is 4.79 Å². The maximum absolute atomic E-state index is 11.2. The third-order valence-electron chi connectivity index (χ3n) is 2.02. The molecule has 2 N–H and O–H groups in total. The van der Waals surface area contributed by atoms with Gasteiger partial charge >= 0.3 is 0 Å². The van der Waals surface area contributed by atoms with E-state index in [0.717, 1.165) is 19.4 Å². The molecule has 10 heavy (non-hydrogen) atoms. The Bertz CT molecular complexity index is 154. The summed E-state index contributed by atoms with van der Waals surface area (Å²) in [5, 5.41) is 0. The number of carbonyl (C=O) groups is 1. The average molecular weight is 142 g/mol. The third kappa shape index (κ3) is 1.14. The molecule has 0 bridgehead atoms. The van der Waals surface area contributed by atoms with Gasteiger partial charge in [0.2, 0.25) is 5.91 Å². The Morgan fingerprint density at radius 3 is 2.70 bits per heavy atom. The van der Waals surface area contributed by atoms with Crippen molar-refractivity contribution < 1.29 is 4.79 Å². The van der Waals surface area contributed by atoms with Gasteiger partial charge in [0, 0.05) is 13.6 Å². The zero-order valence-electron chi connectivity index (χ0n) is 6.55. The molecule has 1 rings (SSSR count). The average Bonchev–Trinajstić information content (AvgIpc) is 1.83. The second-order valence-electron chi connectivity index (χ2n) is 3.25. The Hall–Kier alpha value is -0.570. The zero-order chi connectivity index (χ0) is 7.78. The highest BCUT2D eigenvalue weighted by atomic mass is 16.2. The Morgan fingerprint density at radius 1 is 1.70 bits per heavy atom. The molecule has 1 atom stereocenters. The van der Waals surface area contributed by atoms with Crippen molar-refractivity contribution in [3.63, 3.8) is 0 Å². The van der Waals surface area contributed by atoms with E-state index in [9.17, 15) is 4.79 Å². The minimum absolute atomic E-state index is 0.0683. The quantitative estimate of drug-likeness (QED) is 0.515. The lowest BCUT2D eigenvalue weighted by Gasteiger charge is -2.34. The first-order valence-corrected chi connectivity index (χ1v) is 3.58. The van der Waals surface area contributed by atoms with E-state index in [1.807, 2.05) is 0 Å². The molecule has 0 aromatic rings. The van der Waals surface area contributed by atoms with Crippen LogP contribution in [-0.4, -0.2) is 29.9 Å². The third-order valence-corrected chi connectivity index (χ3v) is 2.02. The van der Waals surface area contributed by atoms with E-state index in [1.165, 1.54) is 0 Å². The second kappa shape index (κ2) is 2.23. The summed E-state index contributed by atoms with van der Waals surface area (Å²) in [5.41, 5.74) is 5.12. The Kier molecular flexibility index (Phi) is 1.68. The van der Waals surface area contributed by atoms with Gasteiger partial charge in [-0.1, -0.05) is 0 Å². The molecule has 0 saturated carbocycles. The molecule has 0 radical (unpaired) electrons. The molecule has 1 aliphatic rings. The van der Waals surface area contributed by atoms with Gasteiger partial charge in [0.25, 0.3) is 0 Å². The van der Waals surface area contributed by atoms with Crippen LogP contribution in [0.2, 0.25) is 0 Å². The zero-order valence-corrected chi connectivity index (χ0v) is 6.55. The predicted molar refractivity (Wildman–Crippen MR) is 39.5 cm³/mol. The number of hydrogen-bond acceptors (Lipinski definition) is 2. The van der Waals surface area contributed by atoms with Crippen LogP contribution in [0.15, 0.2) is 0 Å². The summed E-state index contributed by atoms with van der Waals surface area (Å²) in [5.74, 6) is 0.0683. The van der Waals surface area contributed by atoms with Gasteiger partial charge < -0.3 is 10.6 Å². The number of amides is 1. The van der Waals surface area contributed by atoms with Crippen LogP contribution in [0.5, 0.6) is 0 Å². The second-order valence-corrected chi connectivity index (χ2v) is 3.25. The van der Waals surface area contributed by atoms with Crippen LogP contribution in [0, 0.1) is 0 Å². The van der Waals surface area contributed by atoms with Crippen LogP contribution in [0.4, 0.5) is 0 Å². The van der Waals surface area contributed by atoms with Crippen LogP contribution >= 0.6 is 0 Å². The fourth-order valence-corrected chi connectivity index (χ4v) is 1.33. The molecule has 1 fully saturated rings. The maximum Gasteiger partial charge on any atom is 0.242 e. The summed E-state index contributed by atoms with van der Waals surface area (Å²) in [7, 11) is 1.80. The molecule has 0 aromatic carbocycles. The lowest BCUT2D eigenvalue weighted by molar-refractivity contribution is -0.137. The van der Waals surface area contributed by atoms with Gasteiger partial charge in [-0.25, -0.2) is 0 Å².